The summed E-state index contributed by atoms with van der Waals surface area (Å²) in [7, 11) is -2.38. The third-order valence-electron chi connectivity index (χ3n) is 4.73. The molecule has 148 valence electrons. The minimum absolute atomic E-state index is 0.0676. The van der Waals surface area contributed by atoms with E-state index in [1.165, 1.54) is 57.0 Å². The number of hydrogen-bond donors (Lipinski definition) is 1. The van der Waals surface area contributed by atoms with Crippen LogP contribution in [0.1, 0.15) is 37.7 Å². The maximum absolute atomic E-state index is 12.5. The number of carbonyl (C=O) groups excluding carboxylic acids is 1. The van der Waals surface area contributed by atoms with Crippen molar-refractivity contribution >= 4 is 15.9 Å². The van der Waals surface area contributed by atoms with Gasteiger partial charge in [0, 0.05) is 13.6 Å². The van der Waals surface area contributed by atoms with Crippen molar-refractivity contribution in [1.82, 2.24) is 14.5 Å². The van der Waals surface area contributed by atoms with Crippen LogP contribution in [0.4, 0.5) is 0 Å². The Balaban J connectivity index is 1.75. The highest BCUT2D eigenvalue weighted by molar-refractivity contribution is 7.89. The van der Waals surface area contributed by atoms with Crippen LogP contribution in [0.5, 0.6) is 0 Å². The molecule has 2 rings (SSSR count). The van der Waals surface area contributed by atoms with E-state index in [0.717, 1.165) is 30.4 Å². The van der Waals surface area contributed by atoms with Gasteiger partial charge in [-0.05, 0) is 63.2 Å². The second kappa shape index (κ2) is 10.4. The first-order chi connectivity index (χ1) is 12.9. The van der Waals surface area contributed by atoms with Gasteiger partial charge in [0.2, 0.25) is 15.9 Å². The van der Waals surface area contributed by atoms with Gasteiger partial charge in [-0.15, -0.1) is 0 Å². The Hall–Kier alpha value is -1.95. The summed E-state index contributed by atoms with van der Waals surface area (Å²) < 4.78 is 26.0. The van der Waals surface area contributed by atoms with Gasteiger partial charge in [-0.1, -0.05) is 12.8 Å². The van der Waals surface area contributed by atoms with Crippen molar-refractivity contribution < 1.29 is 13.2 Å². The summed E-state index contributed by atoms with van der Waals surface area (Å²) in [6, 6.07) is 7.60. The molecule has 1 fully saturated rings. The van der Waals surface area contributed by atoms with E-state index < -0.39 is 10.0 Å². The van der Waals surface area contributed by atoms with Gasteiger partial charge >= 0.3 is 0 Å². The Morgan fingerprint density at radius 3 is 2.41 bits per heavy atom. The van der Waals surface area contributed by atoms with E-state index in [1.54, 1.807) is 0 Å². The molecular weight excluding hydrogens is 364 g/mol. The van der Waals surface area contributed by atoms with E-state index >= 15 is 0 Å². The molecule has 0 atom stereocenters. The Morgan fingerprint density at radius 1 is 1.19 bits per heavy atom. The van der Waals surface area contributed by atoms with Crippen molar-refractivity contribution in [2.75, 3.05) is 39.8 Å². The fraction of sp³-hybridized carbons (Fsp3) is 0.579. The number of carbonyl (C=O) groups is 1. The zero-order valence-electron chi connectivity index (χ0n) is 15.9. The monoisotopic (exact) mass is 392 g/mol. The van der Waals surface area contributed by atoms with Crippen molar-refractivity contribution in [3.63, 3.8) is 0 Å². The number of benzene rings is 1. The number of likely N-dealkylation sites (N-methyl/N-ethyl adjacent to an activating group) is 1. The van der Waals surface area contributed by atoms with E-state index in [-0.39, 0.29) is 17.3 Å². The fourth-order valence-corrected chi connectivity index (χ4v) is 4.24. The number of sulfonamides is 1. The number of nitrogens with one attached hydrogen (secondary N) is 1. The summed E-state index contributed by atoms with van der Waals surface area (Å²) in [6.45, 7) is 3.52. The summed E-state index contributed by atoms with van der Waals surface area (Å²) in [5, 5.41) is 11.6. The molecule has 0 unspecified atom stereocenters. The van der Waals surface area contributed by atoms with Crippen LogP contribution in [0, 0.1) is 11.3 Å². The van der Waals surface area contributed by atoms with Crippen LogP contribution >= 0.6 is 0 Å². The highest BCUT2D eigenvalue weighted by Crippen LogP contribution is 2.14. The summed E-state index contributed by atoms with van der Waals surface area (Å²) in [5.74, 6) is -0.314. The lowest BCUT2D eigenvalue weighted by molar-refractivity contribution is -0.121. The number of nitriles is 1. The number of likely N-dealkylation sites (tertiary alicyclic amines) is 1. The zero-order valence-corrected chi connectivity index (χ0v) is 16.7. The average molecular weight is 393 g/mol. The van der Waals surface area contributed by atoms with Gasteiger partial charge in [0.1, 0.15) is 0 Å². The van der Waals surface area contributed by atoms with Crippen molar-refractivity contribution in [2.45, 2.75) is 37.0 Å². The van der Waals surface area contributed by atoms with Crippen LogP contribution in [0.3, 0.4) is 0 Å². The van der Waals surface area contributed by atoms with Crippen LogP contribution in [0.25, 0.3) is 0 Å². The molecule has 0 spiro atoms. The lowest BCUT2D eigenvalue weighted by atomic mass is 10.2. The molecule has 0 radical (unpaired) electrons. The Labute approximate surface area is 162 Å². The topological polar surface area (TPSA) is 93.5 Å². The summed E-state index contributed by atoms with van der Waals surface area (Å²) >= 11 is 0. The maximum atomic E-state index is 12.5. The van der Waals surface area contributed by atoms with E-state index in [2.05, 4.69) is 10.2 Å². The third kappa shape index (κ3) is 6.61. The molecule has 1 N–H and O–H groups in total. The molecular formula is C19H28N4O3S. The van der Waals surface area contributed by atoms with Crippen LogP contribution < -0.4 is 5.32 Å². The molecule has 1 heterocycles. The molecule has 7 nitrogen and oxygen atoms in total. The summed E-state index contributed by atoms with van der Waals surface area (Å²) in [6.07, 6.45) is 5.94. The quantitative estimate of drug-likeness (QED) is 0.678. The van der Waals surface area contributed by atoms with Crippen molar-refractivity contribution in [1.29, 1.82) is 5.26 Å². The molecule has 0 aromatic heterocycles. The largest absolute Gasteiger partial charge is 0.355 e. The minimum atomic E-state index is -3.76. The molecule has 0 saturated carbocycles. The summed E-state index contributed by atoms with van der Waals surface area (Å²) in [5.41, 5.74) is 0.388. The van der Waals surface area contributed by atoms with Gasteiger partial charge in [0.15, 0.2) is 0 Å². The van der Waals surface area contributed by atoms with Gasteiger partial charge in [-0.2, -0.15) is 9.57 Å². The molecule has 0 aliphatic carbocycles. The van der Waals surface area contributed by atoms with Crippen molar-refractivity contribution in [3.8, 4) is 6.07 Å². The first kappa shape index (κ1) is 21.4. The van der Waals surface area contributed by atoms with Gasteiger partial charge in [0.05, 0.1) is 23.1 Å². The van der Waals surface area contributed by atoms with Crippen LogP contribution in [0.2, 0.25) is 0 Å². The van der Waals surface area contributed by atoms with E-state index in [1.807, 2.05) is 6.07 Å². The predicted octanol–water partition coefficient (Wildman–Crippen LogP) is 1.56. The number of hydrogen-bond acceptors (Lipinski definition) is 5. The molecule has 8 heteroatoms. The maximum Gasteiger partial charge on any atom is 0.243 e. The molecule has 27 heavy (non-hydrogen) atoms. The van der Waals surface area contributed by atoms with Crippen molar-refractivity contribution in [3.05, 3.63) is 29.8 Å². The van der Waals surface area contributed by atoms with Gasteiger partial charge in [-0.3, -0.25) is 4.79 Å². The van der Waals surface area contributed by atoms with Crippen LogP contribution in [-0.4, -0.2) is 63.3 Å². The van der Waals surface area contributed by atoms with E-state index in [0.29, 0.717) is 12.1 Å². The lowest BCUT2D eigenvalue weighted by Gasteiger charge is -2.20. The second-order valence-electron chi connectivity index (χ2n) is 6.86. The first-order valence-corrected chi connectivity index (χ1v) is 10.8. The highest BCUT2D eigenvalue weighted by Gasteiger charge is 2.22. The normalized spacial score (nSPS) is 15.9. The lowest BCUT2D eigenvalue weighted by Crippen LogP contribution is -2.39. The predicted molar refractivity (Wildman–Crippen MR) is 104 cm³/mol. The molecule has 1 aliphatic rings. The highest BCUT2D eigenvalue weighted by atomic mass is 32.2. The molecule has 1 aromatic rings. The third-order valence-corrected chi connectivity index (χ3v) is 6.55. The molecule has 0 bridgehead atoms. The SMILES string of the molecule is CN(CC(=O)NCCCN1CCCCCC1)S(=O)(=O)c1ccc(C#N)cc1. The number of rotatable bonds is 8. The molecule has 1 aliphatic heterocycles. The van der Waals surface area contributed by atoms with Gasteiger partial charge < -0.3 is 10.2 Å². The number of amides is 1. The molecule has 1 aromatic carbocycles. The van der Waals surface area contributed by atoms with E-state index in [4.69, 9.17) is 5.26 Å². The van der Waals surface area contributed by atoms with Crippen molar-refractivity contribution in [2.24, 2.45) is 0 Å². The second-order valence-corrected chi connectivity index (χ2v) is 8.90. The van der Waals surface area contributed by atoms with Crippen LogP contribution in [0.15, 0.2) is 29.2 Å². The minimum Gasteiger partial charge on any atom is -0.355 e. The number of nitrogens with zero attached hydrogens (tertiary/aromatic N) is 3. The van der Waals surface area contributed by atoms with E-state index in [9.17, 15) is 13.2 Å². The van der Waals surface area contributed by atoms with Gasteiger partial charge in [0.25, 0.3) is 0 Å². The van der Waals surface area contributed by atoms with Gasteiger partial charge in [-0.25, -0.2) is 8.42 Å². The Kier molecular flexibility index (Phi) is 8.23. The molecule has 1 amide bonds. The standard InChI is InChI=1S/C19H28N4O3S/c1-22(27(25,26)18-9-7-17(15-20)8-10-18)16-19(24)21-11-6-14-23-12-4-2-3-5-13-23/h7-10H,2-6,11-14,16H2,1H3,(H,21,24). The fourth-order valence-electron chi connectivity index (χ4n) is 3.11. The smallest absolute Gasteiger partial charge is 0.243 e. The zero-order chi connectivity index (χ0) is 19.7. The molecule has 1 saturated heterocycles. The first-order valence-electron chi connectivity index (χ1n) is 9.39. The Bertz CT molecular complexity index is 748. The average Bonchev–Trinajstić information content (AvgIpc) is 2.94. The Morgan fingerprint density at radius 2 is 1.81 bits per heavy atom. The summed E-state index contributed by atoms with van der Waals surface area (Å²) in [4.78, 5) is 14.6. The van der Waals surface area contributed by atoms with Crippen LogP contribution in [-0.2, 0) is 14.8 Å².